The van der Waals surface area contributed by atoms with Crippen LogP contribution in [0.2, 0.25) is 0 Å². The summed E-state index contributed by atoms with van der Waals surface area (Å²) in [5.41, 5.74) is -0.643. The molecule has 0 fully saturated rings. The molecule has 0 aliphatic heterocycles. The maximum absolute atomic E-state index is 12.2. The fourth-order valence-electron chi connectivity index (χ4n) is 1.30. The minimum Gasteiger partial charge on any atom is -0.393 e. The largest absolute Gasteiger partial charge is 0.435 e. The van der Waals surface area contributed by atoms with Gasteiger partial charge >= 0.3 is 6.18 Å². The van der Waals surface area contributed by atoms with Crippen LogP contribution in [0.15, 0.2) is 12.1 Å². The molecule has 1 rings (SSSR count). The van der Waals surface area contributed by atoms with E-state index in [2.05, 4.69) is 10.2 Å². The van der Waals surface area contributed by atoms with Gasteiger partial charge in [0.15, 0.2) is 5.69 Å². The van der Waals surface area contributed by atoms with Crippen molar-refractivity contribution in [3.05, 3.63) is 23.5 Å². The van der Waals surface area contributed by atoms with Crippen LogP contribution in [0, 0.1) is 0 Å². The molecule has 0 aliphatic rings. The number of nitrogens with zero attached hydrogens (tertiary/aromatic N) is 2. The lowest BCUT2D eigenvalue weighted by Gasteiger charge is -2.09. The zero-order valence-electron chi connectivity index (χ0n) is 8.83. The average Bonchev–Trinajstić information content (AvgIpc) is 2.17. The van der Waals surface area contributed by atoms with Gasteiger partial charge in [0.25, 0.3) is 0 Å². The van der Waals surface area contributed by atoms with E-state index in [4.69, 9.17) is 0 Å². The van der Waals surface area contributed by atoms with E-state index in [0.717, 1.165) is 12.5 Å². The van der Waals surface area contributed by atoms with Gasteiger partial charge in [-0.15, -0.1) is 5.10 Å². The number of alkyl halides is 3. The van der Waals surface area contributed by atoms with Gasteiger partial charge < -0.3 is 5.11 Å². The zero-order chi connectivity index (χ0) is 12.2. The SMILES string of the molecule is CCCC(O)Cc1ccc(C(F)(F)F)nn1. The van der Waals surface area contributed by atoms with E-state index >= 15 is 0 Å². The number of hydrogen-bond donors (Lipinski definition) is 1. The van der Waals surface area contributed by atoms with Crippen molar-refractivity contribution in [2.75, 3.05) is 0 Å². The van der Waals surface area contributed by atoms with Crippen molar-refractivity contribution in [1.29, 1.82) is 0 Å². The Labute approximate surface area is 91.3 Å². The molecule has 0 saturated heterocycles. The van der Waals surface area contributed by atoms with Crippen LogP contribution in [0.3, 0.4) is 0 Å². The molecule has 0 amide bonds. The molecule has 1 heterocycles. The smallest absolute Gasteiger partial charge is 0.393 e. The van der Waals surface area contributed by atoms with Crippen LogP contribution in [0.5, 0.6) is 0 Å². The predicted molar refractivity (Wildman–Crippen MR) is 51.7 cm³/mol. The van der Waals surface area contributed by atoms with Gasteiger partial charge in [-0.05, 0) is 18.6 Å². The van der Waals surface area contributed by atoms with E-state index in [0.29, 0.717) is 12.1 Å². The second kappa shape index (κ2) is 5.25. The fraction of sp³-hybridized carbons (Fsp3) is 0.600. The molecule has 6 heteroatoms. The van der Waals surface area contributed by atoms with Crippen molar-refractivity contribution in [1.82, 2.24) is 10.2 Å². The molecular formula is C10H13F3N2O. The molecule has 3 nitrogen and oxygen atoms in total. The molecular weight excluding hydrogens is 221 g/mol. The molecule has 1 N–H and O–H groups in total. The lowest BCUT2D eigenvalue weighted by atomic mass is 10.1. The first kappa shape index (κ1) is 12.9. The van der Waals surface area contributed by atoms with E-state index in [1.54, 1.807) is 0 Å². The molecule has 1 unspecified atom stereocenters. The number of rotatable bonds is 4. The summed E-state index contributed by atoms with van der Waals surface area (Å²) in [6.07, 6.45) is -3.39. The Morgan fingerprint density at radius 1 is 1.31 bits per heavy atom. The van der Waals surface area contributed by atoms with Gasteiger partial charge in [0, 0.05) is 6.42 Å². The standard InChI is InChI=1S/C10H13F3N2O/c1-2-3-8(16)6-7-4-5-9(15-14-7)10(11,12)13/h4-5,8,16H,2-3,6H2,1H3. The summed E-state index contributed by atoms with van der Waals surface area (Å²) in [5.74, 6) is 0. The van der Waals surface area contributed by atoms with Crippen molar-refractivity contribution < 1.29 is 18.3 Å². The first-order valence-electron chi connectivity index (χ1n) is 5.01. The highest BCUT2D eigenvalue weighted by Crippen LogP contribution is 2.26. The zero-order valence-corrected chi connectivity index (χ0v) is 8.83. The quantitative estimate of drug-likeness (QED) is 0.868. The summed E-state index contributed by atoms with van der Waals surface area (Å²) >= 11 is 0. The van der Waals surface area contributed by atoms with Crippen molar-refractivity contribution in [3.8, 4) is 0 Å². The monoisotopic (exact) mass is 234 g/mol. The number of aromatic nitrogens is 2. The average molecular weight is 234 g/mol. The second-order valence-corrected chi connectivity index (χ2v) is 3.55. The van der Waals surface area contributed by atoms with Crippen LogP contribution in [0.1, 0.15) is 31.2 Å². The summed E-state index contributed by atoms with van der Waals surface area (Å²) in [4.78, 5) is 0. The molecule has 0 spiro atoms. The Morgan fingerprint density at radius 3 is 2.44 bits per heavy atom. The molecule has 90 valence electrons. The highest BCUT2D eigenvalue weighted by atomic mass is 19.4. The molecule has 1 aromatic heterocycles. The highest BCUT2D eigenvalue weighted by Gasteiger charge is 2.32. The molecule has 0 aliphatic carbocycles. The summed E-state index contributed by atoms with van der Waals surface area (Å²) < 4.78 is 36.5. The van der Waals surface area contributed by atoms with E-state index in [1.165, 1.54) is 6.07 Å². The summed E-state index contributed by atoms with van der Waals surface area (Å²) in [6.45, 7) is 1.92. The maximum Gasteiger partial charge on any atom is 0.435 e. The van der Waals surface area contributed by atoms with Gasteiger partial charge in [-0.3, -0.25) is 0 Å². The first-order chi connectivity index (χ1) is 7.43. The van der Waals surface area contributed by atoms with Crippen molar-refractivity contribution >= 4 is 0 Å². The van der Waals surface area contributed by atoms with Gasteiger partial charge in [-0.1, -0.05) is 13.3 Å². The normalized spacial score (nSPS) is 13.8. The third-order valence-corrected chi connectivity index (χ3v) is 2.08. The minimum atomic E-state index is -4.46. The van der Waals surface area contributed by atoms with Crippen LogP contribution in [0.4, 0.5) is 13.2 Å². The van der Waals surface area contributed by atoms with Gasteiger partial charge in [-0.25, -0.2) is 0 Å². The summed E-state index contributed by atoms with van der Waals surface area (Å²) in [5, 5.41) is 16.0. The predicted octanol–water partition coefficient (Wildman–Crippen LogP) is 2.20. The Morgan fingerprint density at radius 2 is 2.00 bits per heavy atom. The topological polar surface area (TPSA) is 46.0 Å². The van der Waals surface area contributed by atoms with E-state index in [1.807, 2.05) is 6.92 Å². The Kier molecular flexibility index (Phi) is 4.23. The fourth-order valence-corrected chi connectivity index (χ4v) is 1.30. The van der Waals surface area contributed by atoms with Gasteiger partial charge in [0.2, 0.25) is 0 Å². The summed E-state index contributed by atoms with van der Waals surface area (Å²) in [6, 6.07) is 2.12. The van der Waals surface area contributed by atoms with Gasteiger partial charge in [-0.2, -0.15) is 18.3 Å². The van der Waals surface area contributed by atoms with E-state index in [-0.39, 0.29) is 6.42 Å². The molecule has 0 saturated carbocycles. The minimum absolute atomic E-state index is 0.235. The molecule has 16 heavy (non-hydrogen) atoms. The number of aliphatic hydroxyl groups excluding tert-OH is 1. The maximum atomic E-state index is 12.2. The highest BCUT2D eigenvalue weighted by molar-refractivity contribution is 5.10. The van der Waals surface area contributed by atoms with Crippen LogP contribution >= 0.6 is 0 Å². The Balaban J connectivity index is 2.65. The van der Waals surface area contributed by atoms with Gasteiger partial charge in [0.1, 0.15) is 0 Å². The molecule has 1 atom stereocenters. The van der Waals surface area contributed by atoms with Crippen LogP contribution in [0.25, 0.3) is 0 Å². The van der Waals surface area contributed by atoms with E-state index in [9.17, 15) is 18.3 Å². The molecule has 0 bridgehead atoms. The third kappa shape index (κ3) is 3.77. The lowest BCUT2D eigenvalue weighted by Crippen LogP contribution is -2.14. The van der Waals surface area contributed by atoms with Gasteiger partial charge in [0.05, 0.1) is 11.8 Å². The molecule has 0 aromatic carbocycles. The number of hydrogen-bond acceptors (Lipinski definition) is 3. The first-order valence-corrected chi connectivity index (χ1v) is 5.01. The molecule has 1 aromatic rings. The van der Waals surface area contributed by atoms with Crippen molar-refractivity contribution in [3.63, 3.8) is 0 Å². The van der Waals surface area contributed by atoms with E-state index < -0.39 is 18.0 Å². The number of aliphatic hydroxyl groups is 1. The second-order valence-electron chi connectivity index (χ2n) is 3.55. The number of halogens is 3. The van der Waals surface area contributed by atoms with Crippen LogP contribution in [-0.2, 0) is 12.6 Å². The van der Waals surface area contributed by atoms with Crippen LogP contribution < -0.4 is 0 Å². The van der Waals surface area contributed by atoms with Crippen molar-refractivity contribution in [2.45, 2.75) is 38.5 Å². The van der Waals surface area contributed by atoms with Crippen molar-refractivity contribution in [2.24, 2.45) is 0 Å². The third-order valence-electron chi connectivity index (χ3n) is 2.08. The van der Waals surface area contributed by atoms with Crippen LogP contribution in [-0.4, -0.2) is 21.4 Å². The Hall–Kier alpha value is -1.17. The summed E-state index contributed by atoms with van der Waals surface area (Å²) in [7, 11) is 0. The Bertz CT molecular complexity index is 324. The molecule has 0 radical (unpaired) electrons. The lowest BCUT2D eigenvalue weighted by molar-refractivity contribution is -0.141.